The third-order valence-corrected chi connectivity index (χ3v) is 8.60. The van der Waals surface area contributed by atoms with Gasteiger partial charge in [0.2, 0.25) is 0 Å². The molecular weight excluding hydrogens is 503 g/mol. The van der Waals surface area contributed by atoms with Crippen LogP contribution in [0.4, 0.5) is 9.18 Å². The van der Waals surface area contributed by atoms with E-state index in [1.165, 1.54) is 17.4 Å². The number of thiazole rings is 1. The van der Waals surface area contributed by atoms with Crippen molar-refractivity contribution in [3.05, 3.63) is 71.2 Å². The molecule has 0 bridgehead atoms. The van der Waals surface area contributed by atoms with Gasteiger partial charge in [0.05, 0.1) is 15.4 Å². The normalized spacial score (nSPS) is 17.5. The Balaban J connectivity index is 1.19. The monoisotopic (exact) mass is 532 g/mol. The maximum atomic E-state index is 14.7. The Morgan fingerprint density at radius 1 is 1.11 bits per heavy atom. The Kier molecular flexibility index (Phi) is 6.61. The minimum absolute atomic E-state index is 0.198. The highest BCUT2D eigenvalue weighted by atomic mass is 32.1. The van der Waals surface area contributed by atoms with Crippen molar-refractivity contribution >= 4 is 34.2 Å². The number of nitrogens with one attached hydrogen (secondary N) is 1. The number of carbonyl (C=O) groups is 2. The summed E-state index contributed by atoms with van der Waals surface area (Å²) in [5.41, 5.74) is 1.69. The molecule has 7 nitrogen and oxygen atoms in total. The van der Waals surface area contributed by atoms with E-state index in [1.807, 2.05) is 36.0 Å². The van der Waals surface area contributed by atoms with Gasteiger partial charge in [-0.2, -0.15) is 0 Å². The van der Waals surface area contributed by atoms with E-state index in [4.69, 9.17) is 9.72 Å². The van der Waals surface area contributed by atoms with Crippen LogP contribution in [0.25, 0.3) is 21.3 Å². The molecule has 196 valence electrons. The molecule has 2 amide bonds. The third-order valence-electron chi connectivity index (χ3n) is 7.35. The molecule has 2 aliphatic rings. The minimum atomic E-state index is -0.559. The van der Waals surface area contributed by atoms with Crippen LogP contribution >= 0.6 is 11.3 Å². The molecular formula is C29H29FN4O3S. The Morgan fingerprint density at radius 2 is 1.95 bits per heavy atom. The number of piperidine rings is 1. The SMILES string of the molecule is Cn1ccc2c(OC(=O)NC[C@@H]3CCCCN3C(=O)c3nc(C4CC4)sc3-c3ccccc3F)cccc21. The number of likely N-dealkylation sites (tertiary alicyclic amines) is 1. The van der Waals surface area contributed by atoms with Crippen LogP contribution in [0, 0.1) is 5.82 Å². The summed E-state index contributed by atoms with van der Waals surface area (Å²) in [5, 5.41) is 4.61. The van der Waals surface area contributed by atoms with Gasteiger partial charge in [0.25, 0.3) is 5.91 Å². The summed E-state index contributed by atoms with van der Waals surface area (Å²) in [6.07, 6.45) is 6.05. The van der Waals surface area contributed by atoms with Crippen molar-refractivity contribution in [2.24, 2.45) is 7.05 Å². The maximum Gasteiger partial charge on any atom is 0.412 e. The van der Waals surface area contributed by atoms with Gasteiger partial charge in [0.1, 0.15) is 17.3 Å². The molecule has 1 aliphatic carbocycles. The fraction of sp³-hybridized carbons (Fsp3) is 0.345. The van der Waals surface area contributed by atoms with Gasteiger partial charge < -0.3 is 19.5 Å². The summed E-state index contributed by atoms with van der Waals surface area (Å²) in [6, 6.07) is 13.8. The van der Waals surface area contributed by atoms with Gasteiger partial charge in [0, 0.05) is 49.2 Å². The van der Waals surface area contributed by atoms with Crippen LogP contribution in [0.1, 0.15) is 53.5 Å². The second-order valence-corrected chi connectivity index (χ2v) is 11.0. The Labute approximate surface area is 224 Å². The van der Waals surface area contributed by atoms with E-state index in [0.29, 0.717) is 34.3 Å². The Morgan fingerprint density at radius 3 is 2.76 bits per heavy atom. The molecule has 2 fully saturated rings. The lowest BCUT2D eigenvalue weighted by Crippen LogP contribution is -2.50. The molecule has 0 spiro atoms. The van der Waals surface area contributed by atoms with Gasteiger partial charge in [-0.05, 0) is 56.4 Å². The van der Waals surface area contributed by atoms with Crippen molar-refractivity contribution in [3.63, 3.8) is 0 Å². The first kappa shape index (κ1) is 24.6. The fourth-order valence-corrected chi connectivity index (χ4v) is 6.38. The van der Waals surface area contributed by atoms with E-state index in [-0.39, 0.29) is 24.3 Å². The first-order chi connectivity index (χ1) is 18.5. The quantitative estimate of drug-likeness (QED) is 0.326. The van der Waals surface area contributed by atoms with E-state index in [9.17, 15) is 14.0 Å². The number of hydrogen-bond donors (Lipinski definition) is 1. The molecule has 2 aromatic heterocycles. The zero-order valence-electron chi connectivity index (χ0n) is 21.2. The van der Waals surface area contributed by atoms with Crippen LogP contribution < -0.4 is 10.1 Å². The van der Waals surface area contributed by atoms with E-state index >= 15 is 0 Å². The summed E-state index contributed by atoms with van der Waals surface area (Å²) in [4.78, 5) is 33.7. The first-order valence-corrected chi connectivity index (χ1v) is 13.9. The van der Waals surface area contributed by atoms with Crippen molar-refractivity contribution in [2.75, 3.05) is 13.1 Å². The molecule has 0 radical (unpaired) electrons. The Bertz CT molecular complexity index is 1510. The van der Waals surface area contributed by atoms with Crippen LogP contribution in [0.5, 0.6) is 5.75 Å². The highest BCUT2D eigenvalue weighted by Gasteiger charge is 2.35. The molecule has 2 aromatic carbocycles. The van der Waals surface area contributed by atoms with Crippen molar-refractivity contribution < 1.29 is 18.7 Å². The topological polar surface area (TPSA) is 76.5 Å². The Hall–Kier alpha value is -3.72. The van der Waals surface area contributed by atoms with Crippen LogP contribution in [-0.2, 0) is 7.05 Å². The number of halogens is 1. The summed E-state index contributed by atoms with van der Waals surface area (Å²) < 4.78 is 22.3. The van der Waals surface area contributed by atoms with Gasteiger partial charge >= 0.3 is 6.09 Å². The number of carbonyl (C=O) groups excluding carboxylic acids is 2. The molecule has 1 N–H and O–H groups in total. The lowest BCUT2D eigenvalue weighted by Gasteiger charge is -2.35. The zero-order chi connectivity index (χ0) is 26.2. The van der Waals surface area contributed by atoms with Crippen molar-refractivity contribution in [3.8, 4) is 16.2 Å². The number of benzene rings is 2. The van der Waals surface area contributed by atoms with Gasteiger partial charge in [-0.25, -0.2) is 14.2 Å². The van der Waals surface area contributed by atoms with Gasteiger partial charge in [-0.15, -0.1) is 11.3 Å². The highest BCUT2D eigenvalue weighted by molar-refractivity contribution is 7.15. The average molecular weight is 533 g/mol. The second-order valence-electron chi connectivity index (χ2n) is 10.0. The summed E-state index contributed by atoms with van der Waals surface area (Å²) >= 11 is 1.42. The van der Waals surface area contributed by atoms with E-state index in [2.05, 4.69) is 5.32 Å². The number of ether oxygens (including phenoxy) is 1. The van der Waals surface area contributed by atoms with Crippen LogP contribution in [-0.4, -0.2) is 45.6 Å². The zero-order valence-corrected chi connectivity index (χ0v) is 22.0. The van der Waals surface area contributed by atoms with E-state index in [1.54, 1.807) is 29.2 Å². The molecule has 9 heteroatoms. The average Bonchev–Trinajstić information content (AvgIpc) is 3.58. The summed E-state index contributed by atoms with van der Waals surface area (Å²) in [7, 11) is 1.94. The van der Waals surface area contributed by atoms with Gasteiger partial charge in [-0.3, -0.25) is 4.79 Å². The van der Waals surface area contributed by atoms with Crippen LogP contribution in [0.15, 0.2) is 54.7 Å². The predicted octanol–water partition coefficient (Wildman–Crippen LogP) is 6.10. The molecule has 6 rings (SSSR count). The molecule has 1 atom stereocenters. The highest BCUT2D eigenvalue weighted by Crippen LogP contribution is 2.45. The number of rotatable bonds is 6. The van der Waals surface area contributed by atoms with Crippen molar-refractivity contribution in [1.29, 1.82) is 0 Å². The summed E-state index contributed by atoms with van der Waals surface area (Å²) in [6.45, 7) is 0.834. The summed E-state index contributed by atoms with van der Waals surface area (Å²) in [5.74, 6) is 0.275. The van der Waals surface area contributed by atoms with Crippen LogP contribution in [0.2, 0.25) is 0 Å². The number of aromatic nitrogens is 2. The lowest BCUT2D eigenvalue weighted by atomic mass is 10.0. The van der Waals surface area contributed by atoms with Crippen molar-refractivity contribution in [1.82, 2.24) is 19.8 Å². The molecule has 3 heterocycles. The molecule has 38 heavy (non-hydrogen) atoms. The predicted molar refractivity (Wildman–Crippen MR) is 145 cm³/mol. The molecule has 0 unspecified atom stereocenters. The van der Waals surface area contributed by atoms with Gasteiger partial charge in [0.15, 0.2) is 0 Å². The first-order valence-electron chi connectivity index (χ1n) is 13.1. The van der Waals surface area contributed by atoms with E-state index < -0.39 is 6.09 Å². The molecule has 1 saturated heterocycles. The largest absolute Gasteiger partial charge is 0.412 e. The number of hydrogen-bond acceptors (Lipinski definition) is 5. The van der Waals surface area contributed by atoms with Crippen molar-refractivity contribution in [2.45, 2.75) is 44.1 Å². The maximum absolute atomic E-state index is 14.7. The molecule has 1 saturated carbocycles. The smallest absolute Gasteiger partial charge is 0.410 e. The van der Waals surface area contributed by atoms with Gasteiger partial charge in [-0.1, -0.05) is 24.3 Å². The van der Waals surface area contributed by atoms with E-state index in [0.717, 1.165) is 48.0 Å². The molecule has 4 aromatic rings. The third kappa shape index (κ3) is 4.78. The lowest BCUT2D eigenvalue weighted by molar-refractivity contribution is 0.0607. The number of fused-ring (bicyclic) bond motifs is 1. The number of aryl methyl sites for hydroxylation is 1. The minimum Gasteiger partial charge on any atom is -0.410 e. The fourth-order valence-electron chi connectivity index (χ4n) is 5.13. The second kappa shape index (κ2) is 10.2. The molecule has 1 aliphatic heterocycles. The number of nitrogens with zero attached hydrogens (tertiary/aromatic N) is 3. The number of amides is 2. The van der Waals surface area contributed by atoms with Crippen LogP contribution in [0.3, 0.4) is 0 Å². The standard InChI is InChI=1S/C29H29FN4O3S/c1-33-16-14-21-23(33)10-6-11-24(21)37-29(36)31-17-19-7-4-5-15-34(19)28(35)25-26(20-8-2-3-9-22(20)30)38-27(32-25)18-12-13-18/h2-3,6,8-11,14,16,18-19H,4-5,7,12-13,15,17H2,1H3,(H,31,36)/t19-/m0/s1.